The van der Waals surface area contributed by atoms with Crippen LogP contribution in [0.5, 0.6) is 17.2 Å². The van der Waals surface area contributed by atoms with Gasteiger partial charge in [-0.25, -0.2) is 4.79 Å². The molecule has 0 aliphatic heterocycles. The third kappa shape index (κ3) is 3.53. The van der Waals surface area contributed by atoms with Gasteiger partial charge in [-0.15, -0.1) is 0 Å². The summed E-state index contributed by atoms with van der Waals surface area (Å²) in [5.41, 5.74) is 5.15. The van der Waals surface area contributed by atoms with Gasteiger partial charge in [0, 0.05) is 0 Å². The van der Waals surface area contributed by atoms with Crippen LogP contribution < -0.4 is 19.9 Å². The number of methoxy groups -OCH3 is 2. The van der Waals surface area contributed by atoms with Gasteiger partial charge in [-0.3, -0.25) is 4.79 Å². The van der Waals surface area contributed by atoms with Crippen LogP contribution in [0.2, 0.25) is 0 Å². The third-order valence-electron chi connectivity index (χ3n) is 2.67. The van der Waals surface area contributed by atoms with Crippen LogP contribution in [0.25, 0.3) is 0 Å². The summed E-state index contributed by atoms with van der Waals surface area (Å²) in [6.45, 7) is 1.65. The van der Waals surface area contributed by atoms with Crippen molar-refractivity contribution in [3.05, 3.63) is 17.7 Å². The van der Waals surface area contributed by atoms with Crippen molar-refractivity contribution in [2.45, 2.75) is 6.92 Å². The topological polar surface area (TPSA) is 108 Å². The molecule has 1 aromatic carbocycles. The number of ether oxygens (including phenoxy) is 3. The van der Waals surface area contributed by atoms with Crippen molar-refractivity contribution in [2.24, 2.45) is 11.7 Å². The van der Waals surface area contributed by atoms with E-state index in [1.165, 1.54) is 26.4 Å². The van der Waals surface area contributed by atoms with E-state index >= 15 is 0 Å². The maximum Gasteiger partial charge on any atom is 0.335 e. The third-order valence-corrected chi connectivity index (χ3v) is 2.67. The minimum Gasteiger partial charge on any atom is -0.493 e. The lowest BCUT2D eigenvalue weighted by molar-refractivity contribution is -0.122. The van der Waals surface area contributed by atoms with Crippen LogP contribution in [0, 0.1) is 5.92 Å². The predicted octanol–water partition coefficient (Wildman–Crippen LogP) is 0.902. The second kappa shape index (κ2) is 6.65. The van der Waals surface area contributed by atoms with Crippen molar-refractivity contribution in [3.63, 3.8) is 0 Å². The minimum atomic E-state index is -1.11. The van der Waals surface area contributed by atoms with Gasteiger partial charge >= 0.3 is 5.97 Å². The molecule has 0 fully saturated rings. The summed E-state index contributed by atoms with van der Waals surface area (Å²) in [7, 11) is 2.76. The molecule has 0 spiro atoms. The Labute approximate surface area is 116 Å². The molecular weight excluding hydrogens is 266 g/mol. The van der Waals surface area contributed by atoms with Gasteiger partial charge in [0.05, 0.1) is 32.3 Å². The van der Waals surface area contributed by atoms with Crippen molar-refractivity contribution in [1.82, 2.24) is 0 Å². The Kier molecular flexibility index (Phi) is 5.19. The second-order valence-corrected chi connectivity index (χ2v) is 4.13. The SMILES string of the molecule is COc1cc(C(=O)O)cc(OC)c1OCC(C)C(N)=O. The fraction of sp³-hybridized carbons (Fsp3) is 0.385. The molecule has 0 bridgehead atoms. The van der Waals surface area contributed by atoms with Crippen LogP contribution >= 0.6 is 0 Å². The first-order valence-corrected chi connectivity index (χ1v) is 5.82. The van der Waals surface area contributed by atoms with Gasteiger partial charge in [0.25, 0.3) is 0 Å². The fourth-order valence-electron chi connectivity index (χ4n) is 1.44. The molecule has 0 heterocycles. The highest BCUT2D eigenvalue weighted by atomic mass is 16.5. The second-order valence-electron chi connectivity index (χ2n) is 4.13. The quantitative estimate of drug-likeness (QED) is 0.769. The summed E-state index contributed by atoms with van der Waals surface area (Å²) in [4.78, 5) is 22.0. The van der Waals surface area contributed by atoms with Crippen molar-refractivity contribution >= 4 is 11.9 Å². The molecular formula is C13H17NO6. The Bertz CT molecular complexity index is 489. The Morgan fingerprint density at radius 3 is 2.10 bits per heavy atom. The molecule has 1 atom stereocenters. The van der Waals surface area contributed by atoms with Gasteiger partial charge in [-0.05, 0) is 12.1 Å². The number of carbonyl (C=O) groups excluding carboxylic acids is 1. The summed E-state index contributed by atoms with van der Waals surface area (Å²) < 4.78 is 15.6. The van der Waals surface area contributed by atoms with E-state index < -0.39 is 17.8 Å². The first-order chi connectivity index (χ1) is 9.40. The molecule has 3 N–H and O–H groups in total. The highest BCUT2D eigenvalue weighted by Crippen LogP contribution is 2.38. The molecule has 0 aromatic heterocycles. The first-order valence-electron chi connectivity index (χ1n) is 5.82. The summed E-state index contributed by atoms with van der Waals surface area (Å²) >= 11 is 0. The van der Waals surface area contributed by atoms with Crippen molar-refractivity contribution in [3.8, 4) is 17.2 Å². The van der Waals surface area contributed by atoms with E-state index in [0.717, 1.165) is 0 Å². The molecule has 110 valence electrons. The number of rotatable bonds is 7. The fourth-order valence-corrected chi connectivity index (χ4v) is 1.44. The lowest BCUT2D eigenvalue weighted by Gasteiger charge is -2.16. The molecule has 1 amide bonds. The molecule has 0 saturated carbocycles. The predicted molar refractivity (Wildman–Crippen MR) is 70.4 cm³/mol. The molecule has 1 unspecified atom stereocenters. The van der Waals surface area contributed by atoms with E-state index in [2.05, 4.69) is 0 Å². The van der Waals surface area contributed by atoms with Crippen molar-refractivity contribution in [2.75, 3.05) is 20.8 Å². The smallest absolute Gasteiger partial charge is 0.335 e. The maximum absolute atomic E-state index is 11.0. The molecule has 7 nitrogen and oxygen atoms in total. The number of carbonyl (C=O) groups is 2. The first kappa shape index (κ1) is 15.6. The zero-order valence-corrected chi connectivity index (χ0v) is 11.5. The standard InChI is InChI=1S/C13H17NO6/c1-7(12(14)15)6-20-11-9(18-2)4-8(13(16)17)5-10(11)19-3/h4-5,7H,6H2,1-3H3,(H2,14,15)(H,16,17). The Hall–Kier alpha value is -2.44. The van der Waals surface area contributed by atoms with Gasteiger partial charge in [0.1, 0.15) is 0 Å². The lowest BCUT2D eigenvalue weighted by atomic mass is 10.1. The van der Waals surface area contributed by atoms with Gasteiger partial charge in [0.15, 0.2) is 11.5 Å². The largest absolute Gasteiger partial charge is 0.493 e. The molecule has 1 rings (SSSR count). The molecule has 0 saturated heterocycles. The average Bonchev–Trinajstić information content (AvgIpc) is 2.43. The van der Waals surface area contributed by atoms with Crippen LogP contribution in [0.15, 0.2) is 12.1 Å². The number of carboxylic acid groups (broad SMARTS) is 1. The normalized spacial score (nSPS) is 11.6. The summed E-state index contributed by atoms with van der Waals surface area (Å²) in [6.07, 6.45) is 0. The zero-order chi connectivity index (χ0) is 15.3. The van der Waals surface area contributed by atoms with E-state index in [4.69, 9.17) is 25.1 Å². The number of primary amides is 1. The van der Waals surface area contributed by atoms with Gasteiger partial charge in [-0.2, -0.15) is 0 Å². The number of amides is 1. The van der Waals surface area contributed by atoms with Gasteiger partial charge in [0.2, 0.25) is 11.7 Å². The monoisotopic (exact) mass is 283 g/mol. The molecule has 0 aliphatic rings. The van der Waals surface area contributed by atoms with E-state index in [-0.39, 0.29) is 29.4 Å². The van der Waals surface area contributed by atoms with E-state index in [1.807, 2.05) is 0 Å². The molecule has 20 heavy (non-hydrogen) atoms. The molecule has 0 aliphatic carbocycles. The van der Waals surface area contributed by atoms with Crippen LogP contribution in [0.4, 0.5) is 0 Å². The number of carboxylic acids is 1. The number of nitrogens with two attached hydrogens (primary N) is 1. The zero-order valence-electron chi connectivity index (χ0n) is 11.5. The van der Waals surface area contributed by atoms with Crippen LogP contribution in [-0.4, -0.2) is 37.8 Å². The number of aromatic carboxylic acids is 1. The number of hydrogen-bond donors (Lipinski definition) is 2. The van der Waals surface area contributed by atoms with Crippen LogP contribution in [-0.2, 0) is 4.79 Å². The van der Waals surface area contributed by atoms with Gasteiger partial charge in [-0.1, -0.05) is 6.92 Å². The number of benzene rings is 1. The maximum atomic E-state index is 11.0. The van der Waals surface area contributed by atoms with Crippen LogP contribution in [0.1, 0.15) is 17.3 Å². The molecule has 7 heteroatoms. The Morgan fingerprint density at radius 2 is 1.75 bits per heavy atom. The minimum absolute atomic E-state index is 0.00833. The Morgan fingerprint density at radius 1 is 1.25 bits per heavy atom. The lowest BCUT2D eigenvalue weighted by Crippen LogP contribution is -2.26. The van der Waals surface area contributed by atoms with E-state index in [9.17, 15) is 9.59 Å². The Balaban J connectivity index is 3.10. The van der Waals surface area contributed by atoms with Gasteiger partial charge < -0.3 is 25.1 Å². The van der Waals surface area contributed by atoms with Crippen LogP contribution in [0.3, 0.4) is 0 Å². The summed E-state index contributed by atoms with van der Waals surface area (Å²) in [6, 6.07) is 2.63. The highest BCUT2D eigenvalue weighted by molar-refractivity contribution is 5.89. The summed E-state index contributed by atoms with van der Waals surface area (Å²) in [5.74, 6) is -1.46. The van der Waals surface area contributed by atoms with Crippen molar-refractivity contribution in [1.29, 1.82) is 0 Å². The number of hydrogen-bond acceptors (Lipinski definition) is 5. The molecule has 1 aromatic rings. The highest BCUT2D eigenvalue weighted by Gasteiger charge is 2.19. The van der Waals surface area contributed by atoms with E-state index in [1.54, 1.807) is 6.92 Å². The summed E-state index contributed by atoms with van der Waals surface area (Å²) in [5, 5.41) is 8.99. The van der Waals surface area contributed by atoms with Crippen molar-refractivity contribution < 1.29 is 28.9 Å². The average molecular weight is 283 g/mol. The molecule has 0 radical (unpaired) electrons. The van der Waals surface area contributed by atoms with E-state index in [0.29, 0.717) is 0 Å².